The van der Waals surface area contributed by atoms with Crippen molar-refractivity contribution in [1.82, 2.24) is 5.32 Å². The molecule has 1 aliphatic carbocycles. The van der Waals surface area contributed by atoms with Crippen molar-refractivity contribution in [3.05, 3.63) is 70.5 Å². The van der Waals surface area contributed by atoms with Crippen LogP contribution in [0.5, 0.6) is 0 Å². The molecule has 2 aromatic rings. The molecule has 21 heavy (non-hydrogen) atoms. The third-order valence-corrected chi connectivity index (χ3v) is 4.38. The van der Waals surface area contributed by atoms with Crippen molar-refractivity contribution in [1.29, 1.82) is 0 Å². The minimum absolute atomic E-state index is 0.126. The molecule has 0 amide bonds. The highest BCUT2D eigenvalue weighted by molar-refractivity contribution is 5.35. The van der Waals surface area contributed by atoms with E-state index in [1.807, 2.05) is 6.07 Å². The van der Waals surface area contributed by atoms with Crippen LogP contribution in [0.15, 0.2) is 42.5 Å². The molecular formula is C19H22FN. The lowest BCUT2D eigenvalue weighted by molar-refractivity contribution is 0.530. The van der Waals surface area contributed by atoms with E-state index in [2.05, 4.69) is 43.4 Å². The summed E-state index contributed by atoms with van der Waals surface area (Å²) in [6.45, 7) is 5.28. The highest BCUT2D eigenvalue weighted by Gasteiger charge is 2.22. The molecule has 0 aliphatic heterocycles. The van der Waals surface area contributed by atoms with Crippen molar-refractivity contribution in [3.8, 4) is 0 Å². The Morgan fingerprint density at radius 3 is 2.62 bits per heavy atom. The molecule has 1 aliphatic rings. The number of aryl methyl sites for hydroxylation is 1. The van der Waals surface area contributed by atoms with E-state index < -0.39 is 0 Å². The molecule has 0 aromatic heterocycles. The first-order valence-corrected chi connectivity index (χ1v) is 7.74. The first kappa shape index (κ1) is 14.3. The van der Waals surface area contributed by atoms with Gasteiger partial charge in [-0.1, -0.05) is 44.2 Å². The van der Waals surface area contributed by atoms with Crippen LogP contribution in [-0.4, -0.2) is 0 Å². The largest absolute Gasteiger partial charge is 0.306 e. The van der Waals surface area contributed by atoms with Crippen LogP contribution < -0.4 is 5.32 Å². The molecule has 1 atom stereocenters. The van der Waals surface area contributed by atoms with E-state index in [1.54, 1.807) is 12.1 Å². The summed E-state index contributed by atoms with van der Waals surface area (Å²) in [5.41, 5.74) is 5.09. The first-order chi connectivity index (χ1) is 10.1. The van der Waals surface area contributed by atoms with E-state index in [0.29, 0.717) is 12.0 Å². The average Bonchev–Trinajstić information content (AvgIpc) is 2.87. The zero-order chi connectivity index (χ0) is 14.8. The number of nitrogens with one attached hydrogen (secondary N) is 1. The van der Waals surface area contributed by atoms with Gasteiger partial charge >= 0.3 is 0 Å². The van der Waals surface area contributed by atoms with Crippen molar-refractivity contribution in [3.63, 3.8) is 0 Å². The van der Waals surface area contributed by atoms with Gasteiger partial charge in [0.15, 0.2) is 0 Å². The Morgan fingerprint density at radius 2 is 1.90 bits per heavy atom. The highest BCUT2D eigenvalue weighted by atomic mass is 19.1. The molecule has 0 fully saturated rings. The number of rotatable bonds is 4. The molecule has 0 bridgehead atoms. The highest BCUT2D eigenvalue weighted by Crippen LogP contribution is 2.31. The fourth-order valence-corrected chi connectivity index (χ4v) is 3.06. The lowest BCUT2D eigenvalue weighted by atomic mass is 10.0. The third-order valence-electron chi connectivity index (χ3n) is 4.38. The van der Waals surface area contributed by atoms with Crippen LogP contribution in [0.4, 0.5) is 4.39 Å². The molecular weight excluding hydrogens is 261 g/mol. The normalized spacial score (nSPS) is 17.2. The van der Waals surface area contributed by atoms with Gasteiger partial charge in [-0.3, -0.25) is 0 Å². The van der Waals surface area contributed by atoms with Gasteiger partial charge in [-0.2, -0.15) is 0 Å². The summed E-state index contributed by atoms with van der Waals surface area (Å²) >= 11 is 0. The van der Waals surface area contributed by atoms with Crippen LogP contribution in [0.1, 0.15) is 54.5 Å². The molecule has 3 rings (SSSR count). The second kappa shape index (κ2) is 5.98. The lowest BCUT2D eigenvalue weighted by Crippen LogP contribution is -2.18. The van der Waals surface area contributed by atoms with Gasteiger partial charge in [0, 0.05) is 12.6 Å². The Labute approximate surface area is 126 Å². The van der Waals surface area contributed by atoms with Gasteiger partial charge in [-0.05, 0) is 53.1 Å². The van der Waals surface area contributed by atoms with Crippen molar-refractivity contribution < 1.29 is 4.39 Å². The standard InChI is InChI=1S/C19H22FN/c1-13(2)15-5-3-14(4-6-15)12-21-19-10-7-16-11-17(20)8-9-18(16)19/h3-6,8-9,11,13,19,21H,7,10,12H2,1-2H3. The maximum absolute atomic E-state index is 13.2. The Hall–Kier alpha value is -1.67. The molecule has 0 saturated heterocycles. The fraction of sp³-hybridized carbons (Fsp3) is 0.368. The Bertz CT molecular complexity index is 616. The summed E-state index contributed by atoms with van der Waals surface area (Å²) in [6.07, 6.45) is 2.03. The predicted molar refractivity (Wildman–Crippen MR) is 84.8 cm³/mol. The Balaban J connectivity index is 1.64. The summed E-state index contributed by atoms with van der Waals surface area (Å²) < 4.78 is 13.2. The van der Waals surface area contributed by atoms with Crippen molar-refractivity contribution in [2.24, 2.45) is 0 Å². The Kier molecular flexibility index (Phi) is 4.07. The molecule has 2 aromatic carbocycles. The van der Waals surface area contributed by atoms with Gasteiger partial charge in [-0.25, -0.2) is 4.39 Å². The minimum Gasteiger partial charge on any atom is -0.306 e. The number of hydrogen-bond donors (Lipinski definition) is 1. The maximum atomic E-state index is 13.2. The summed E-state index contributed by atoms with van der Waals surface area (Å²) in [4.78, 5) is 0. The zero-order valence-electron chi connectivity index (χ0n) is 12.7. The number of benzene rings is 2. The zero-order valence-corrected chi connectivity index (χ0v) is 12.7. The van der Waals surface area contributed by atoms with E-state index >= 15 is 0 Å². The monoisotopic (exact) mass is 283 g/mol. The van der Waals surface area contributed by atoms with Crippen LogP contribution in [0.25, 0.3) is 0 Å². The lowest BCUT2D eigenvalue weighted by Gasteiger charge is -2.14. The molecule has 0 heterocycles. The number of hydrogen-bond acceptors (Lipinski definition) is 1. The van der Waals surface area contributed by atoms with Crippen LogP contribution in [-0.2, 0) is 13.0 Å². The van der Waals surface area contributed by atoms with E-state index in [-0.39, 0.29) is 5.82 Å². The minimum atomic E-state index is -0.126. The van der Waals surface area contributed by atoms with E-state index in [4.69, 9.17) is 0 Å². The van der Waals surface area contributed by atoms with E-state index in [1.165, 1.54) is 16.7 Å². The van der Waals surface area contributed by atoms with Crippen LogP contribution >= 0.6 is 0 Å². The topological polar surface area (TPSA) is 12.0 Å². The van der Waals surface area contributed by atoms with Crippen molar-refractivity contribution in [2.75, 3.05) is 0 Å². The third kappa shape index (κ3) is 3.16. The molecule has 1 nitrogen and oxygen atoms in total. The number of fused-ring (bicyclic) bond motifs is 1. The molecule has 1 N–H and O–H groups in total. The molecule has 1 unspecified atom stereocenters. The quantitative estimate of drug-likeness (QED) is 0.855. The van der Waals surface area contributed by atoms with Gasteiger partial charge in [0.05, 0.1) is 0 Å². The fourth-order valence-electron chi connectivity index (χ4n) is 3.06. The smallest absolute Gasteiger partial charge is 0.123 e. The Morgan fingerprint density at radius 1 is 1.14 bits per heavy atom. The number of halogens is 1. The van der Waals surface area contributed by atoms with Gasteiger partial charge in [0.2, 0.25) is 0 Å². The second-order valence-electron chi connectivity index (χ2n) is 6.21. The van der Waals surface area contributed by atoms with E-state index in [9.17, 15) is 4.39 Å². The van der Waals surface area contributed by atoms with Gasteiger partial charge < -0.3 is 5.32 Å². The summed E-state index contributed by atoms with van der Waals surface area (Å²) in [6, 6.07) is 14.3. The van der Waals surface area contributed by atoms with Crippen LogP contribution in [0, 0.1) is 5.82 Å². The average molecular weight is 283 g/mol. The van der Waals surface area contributed by atoms with Gasteiger partial charge in [-0.15, -0.1) is 0 Å². The predicted octanol–water partition coefficient (Wildman–Crippen LogP) is 4.73. The summed E-state index contributed by atoms with van der Waals surface area (Å²) in [5.74, 6) is 0.447. The van der Waals surface area contributed by atoms with Gasteiger partial charge in [0.25, 0.3) is 0 Å². The first-order valence-electron chi connectivity index (χ1n) is 7.74. The van der Waals surface area contributed by atoms with Crippen molar-refractivity contribution in [2.45, 2.75) is 45.2 Å². The van der Waals surface area contributed by atoms with E-state index in [0.717, 1.165) is 24.9 Å². The van der Waals surface area contributed by atoms with Crippen molar-refractivity contribution >= 4 is 0 Å². The molecule has 110 valence electrons. The van der Waals surface area contributed by atoms with Gasteiger partial charge in [0.1, 0.15) is 5.82 Å². The molecule has 0 spiro atoms. The maximum Gasteiger partial charge on any atom is 0.123 e. The SMILES string of the molecule is CC(C)c1ccc(CNC2CCc3cc(F)ccc32)cc1. The van der Waals surface area contributed by atoms with Crippen LogP contribution in [0.3, 0.4) is 0 Å². The summed E-state index contributed by atoms with van der Waals surface area (Å²) in [7, 11) is 0. The summed E-state index contributed by atoms with van der Waals surface area (Å²) in [5, 5.41) is 3.60. The molecule has 0 saturated carbocycles. The molecule has 0 radical (unpaired) electrons. The second-order valence-corrected chi connectivity index (χ2v) is 6.21. The van der Waals surface area contributed by atoms with Crippen LogP contribution in [0.2, 0.25) is 0 Å². The molecule has 2 heteroatoms.